The van der Waals surface area contributed by atoms with Gasteiger partial charge in [-0.15, -0.1) is 5.10 Å². The Balaban J connectivity index is 1.58. The number of aryl methyl sites for hydroxylation is 1. The lowest BCUT2D eigenvalue weighted by molar-refractivity contribution is 0.414. The van der Waals surface area contributed by atoms with E-state index in [2.05, 4.69) is 22.5 Å². The van der Waals surface area contributed by atoms with Crippen LogP contribution in [0.1, 0.15) is 22.3 Å². The molecular formula is C26H19N5O. The number of ether oxygens (including phenoxy) is 1. The Labute approximate surface area is 186 Å². The topological polar surface area (TPSA) is 87.5 Å². The Morgan fingerprint density at radius 3 is 2.38 bits per heavy atom. The summed E-state index contributed by atoms with van der Waals surface area (Å²) in [5.74, 6) is 0.802. The molecular weight excluding hydrogens is 398 g/mol. The minimum atomic E-state index is 0.536. The summed E-state index contributed by atoms with van der Waals surface area (Å²) in [6.45, 7) is 2.01. The van der Waals surface area contributed by atoms with Gasteiger partial charge in [-0.05, 0) is 72.2 Å². The third kappa shape index (κ3) is 4.26. The number of hydrogen-bond donors (Lipinski definition) is 0. The number of allylic oxidation sites excluding steroid dienone is 1. The highest BCUT2D eigenvalue weighted by atomic mass is 16.5. The van der Waals surface area contributed by atoms with Gasteiger partial charge in [0, 0.05) is 5.56 Å². The zero-order chi connectivity index (χ0) is 22.5. The van der Waals surface area contributed by atoms with Gasteiger partial charge >= 0.3 is 0 Å². The second kappa shape index (κ2) is 8.99. The van der Waals surface area contributed by atoms with E-state index in [1.165, 1.54) is 0 Å². The van der Waals surface area contributed by atoms with E-state index in [0.29, 0.717) is 11.1 Å². The molecule has 0 saturated carbocycles. The average molecular weight is 417 g/mol. The number of nitrogens with zero attached hydrogens (tertiary/aromatic N) is 5. The number of aromatic nitrogens is 3. The van der Waals surface area contributed by atoms with Crippen LogP contribution in [-0.2, 0) is 0 Å². The summed E-state index contributed by atoms with van der Waals surface area (Å²) in [6.07, 6.45) is 3.68. The maximum absolute atomic E-state index is 9.61. The number of hydrogen-bond acceptors (Lipinski definition) is 5. The summed E-state index contributed by atoms with van der Waals surface area (Å²) in [5, 5.41) is 27.1. The zero-order valence-corrected chi connectivity index (χ0v) is 17.6. The SMILES string of the molecule is COc1ccc(-c2cn(-c3ccc(/C(C#N)=C\c4ccc(C#N)cc4)cc3)nn2)c(C)c1. The maximum Gasteiger partial charge on any atom is 0.119 e. The second-order valence-electron chi connectivity index (χ2n) is 7.18. The van der Waals surface area contributed by atoms with Crippen molar-refractivity contribution in [2.24, 2.45) is 0 Å². The van der Waals surface area contributed by atoms with E-state index >= 15 is 0 Å². The average Bonchev–Trinajstić information content (AvgIpc) is 3.33. The molecule has 6 nitrogen and oxygen atoms in total. The van der Waals surface area contributed by atoms with Gasteiger partial charge in [-0.25, -0.2) is 4.68 Å². The van der Waals surface area contributed by atoms with Gasteiger partial charge in [0.2, 0.25) is 0 Å². The fraction of sp³-hybridized carbons (Fsp3) is 0.0769. The molecule has 154 valence electrons. The smallest absolute Gasteiger partial charge is 0.119 e. The van der Waals surface area contributed by atoms with E-state index < -0.39 is 0 Å². The van der Waals surface area contributed by atoms with Crippen molar-refractivity contribution in [1.29, 1.82) is 10.5 Å². The van der Waals surface area contributed by atoms with Crippen molar-refractivity contribution < 1.29 is 4.74 Å². The molecule has 32 heavy (non-hydrogen) atoms. The Kier molecular flexibility index (Phi) is 5.78. The van der Waals surface area contributed by atoms with Crippen LogP contribution in [0.2, 0.25) is 0 Å². The molecule has 0 fully saturated rings. The summed E-state index contributed by atoms with van der Waals surface area (Å²) in [6, 6.07) is 24.9. The van der Waals surface area contributed by atoms with Crippen molar-refractivity contribution in [3.8, 4) is 34.8 Å². The second-order valence-corrected chi connectivity index (χ2v) is 7.18. The van der Waals surface area contributed by atoms with E-state index in [4.69, 9.17) is 10.00 Å². The lowest BCUT2D eigenvalue weighted by atomic mass is 10.0. The van der Waals surface area contributed by atoms with Gasteiger partial charge in [0.25, 0.3) is 0 Å². The van der Waals surface area contributed by atoms with Crippen LogP contribution in [-0.4, -0.2) is 22.1 Å². The van der Waals surface area contributed by atoms with E-state index in [9.17, 15) is 5.26 Å². The third-order valence-corrected chi connectivity index (χ3v) is 5.12. The van der Waals surface area contributed by atoms with E-state index in [1.54, 1.807) is 30.0 Å². The molecule has 0 N–H and O–H groups in total. The van der Waals surface area contributed by atoms with Crippen molar-refractivity contribution in [2.45, 2.75) is 6.92 Å². The molecule has 0 atom stereocenters. The van der Waals surface area contributed by atoms with Crippen LogP contribution in [0.25, 0.3) is 28.6 Å². The maximum atomic E-state index is 9.61. The van der Waals surface area contributed by atoms with Gasteiger partial charge in [-0.1, -0.05) is 29.5 Å². The van der Waals surface area contributed by atoms with E-state index in [1.807, 2.05) is 67.7 Å². The number of methoxy groups -OCH3 is 1. The first kappa shape index (κ1) is 20.6. The lowest BCUT2D eigenvalue weighted by Gasteiger charge is -2.05. The van der Waals surface area contributed by atoms with Crippen LogP contribution >= 0.6 is 0 Å². The molecule has 3 aromatic carbocycles. The molecule has 0 spiro atoms. The third-order valence-electron chi connectivity index (χ3n) is 5.12. The first-order chi connectivity index (χ1) is 15.6. The highest BCUT2D eigenvalue weighted by molar-refractivity contribution is 5.89. The fourth-order valence-electron chi connectivity index (χ4n) is 3.36. The van der Waals surface area contributed by atoms with Crippen molar-refractivity contribution in [2.75, 3.05) is 7.11 Å². The summed E-state index contributed by atoms with van der Waals surface area (Å²) in [7, 11) is 1.64. The molecule has 0 unspecified atom stereocenters. The lowest BCUT2D eigenvalue weighted by Crippen LogP contribution is -1.95. The van der Waals surface area contributed by atoms with Gasteiger partial charge in [0.1, 0.15) is 11.4 Å². The molecule has 0 bridgehead atoms. The molecule has 0 saturated heterocycles. The first-order valence-electron chi connectivity index (χ1n) is 9.91. The molecule has 0 amide bonds. The Morgan fingerprint density at radius 1 is 1.00 bits per heavy atom. The van der Waals surface area contributed by atoms with Crippen molar-refractivity contribution in [3.63, 3.8) is 0 Å². The normalized spacial score (nSPS) is 10.9. The Hall–Kier alpha value is -4.68. The Morgan fingerprint density at radius 2 is 1.75 bits per heavy atom. The van der Waals surface area contributed by atoms with Crippen LogP contribution in [0.4, 0.5) is 0 Å². The molecule has 0 aliphatic carbocycles. The van der Waals surface area contributed by atoms with Gasteiger partial charge in [-0.2, -0.15) is 10.5 Å². The standard InChI is InChI=1S/C26H19N5O/c1-18-13-24(32-2)11-12-25(18)26-17-31(30-29-26)23-9-7-21(8-10-23)22(16-28)14-19-3-5-20(15-27)6-4-19/h3-14,17H,1-2H3/b22-14-. The molecule has 4 rings (SSSR count). The van der Waals surface area contributed by atoms with Gasteiger partial charge < -0.3 is 4.74 Å². The summed E-state index contributed by atoms with van der Waals surface area (Å²) < 4.78 is 6.97. The van der Waals surface area contributed by atoms with Crippen molar-refractivity contribution in [1.82, 2.24) is 15.0 Å². The summed E-state index contributed by atoms with van der Waals surface area (Å²) in [4.78, 5) is 0. The monoisotopic (exact) mass is 417 g/mol. The quantitative estimate of drug-likeness (QED) is 0.329. The molecule has 6 heteroatoms. The minimum absolute atomic E-state index is 0.536. The van der Waals surface area contributed by atoms with Crippen LogP contribution in [0.3, 0.4) is 0 Å². The van der Waals surface area contributed by atoms with Crippen LogP contribution in [0.15, 0.2) is 72.9 Å². The molecule has 0 radical (unpaired) electrons. The number of nitriles is 2. The largest absolute Gasteiger partial charge is 0.497 e. The Bertz CT molecular complexity index is 1370. The summed E-state index contributed by atoms with van der Waals surface area (Å²) in [5.41, 5.74) is 6.44. The zero-order valence-electron chi connectivity index (χ0n) is 17.6. The molecule has 0 aliphatic heterocycles. The highest BCUT2D eigenvalue weighted by Gasteiger charge is 2.10. The molecule has 0 aliphatic rings. The molecule has 1 heterocycles. The fourth-order valence-corrected chi connectivity index (χ4v) is 3.36. The molecule has 1 aromatic heterocycles. The highest BCUT2D eigenvalue weighted by Crippen LogP contribution is 2.26. The molecule has 4 aromatic rings. The first-order valence-corrected chi connectivity index (χ1v) is 9.91. The van der Waals surface area contributed by atoms with Crippen molar-refractivity contribution in [3.05, 3.63) is 95.2 Å². The van der Waals surface area contributed by atoms with Gasteiger partial charge in [-0.3, -0.25) is 0 Å². The summed E-state index contributed by atoms with van der Waals surface area (Å²) >= 11 is 0. The van der Waals surface area contributed by atoms with Crippen LogP contribution < -0.4 is 4.74 Å². The predicted octanol–water partition coefficient (Wildman–Crippen LogP) is 5.19. The van der Waals surface area contributed by atoms with Crippen LogP contribution in [0, 0.1) is 29.6 Å². The van der Waals surface area contributed by atoms with E-state index in [0.717, 1.165) is 39.4 Å². The van der Waals surface area contributed by atoms with Gasteiger partial charge in [0.05, 0.1) is 42.3 Å². The van der Waals surface area contributed by atoms with Gasteiger partial charge in [0.15, 0.2) is 0 Å². The predicted molar refractivity (Wildman–Crippen MR) is 123 cm³/mol. The van der Waals surface area contributed by atoms with Crippen LogP contribution in [0.5, 0.6) is 5.75 Å². The minimum Gasteiger partial charge on any atom is -0.497 e. The van der Waals surface area contributed by atoms with E-state index in [-0.39, 0.29) is 0 Å². The number of rotatable bonds is 5. The number of benzene rings is 3. The van der Waals surface area contributed by atoms with Crippen molar-refractivity contribution >= 4 is 11.6 Å².